The second kappa shape index (κ2) is 12.6. The third-order valence-corrected chi connectivity index (χ3v) is 4.20. The lowest BCUT2D eigenvalue weighted by Crippen LogP contribution is -2.44. The van der Waals surface area contributed by atoms with Gasteiger partial charge >= 0.3 is 0 Å². The van der Waals surface area contributed by atoms with Crippen LogP contribution in [0.3, 0.4) is 0 Å². The fraction of sp³-hybridized carbons (Fsp3) is 0.611. The van der Waals surface area contributed by atoms with Gasteiger partial charge in [0.05, 0.1) is 0 Å². The van der Waals surface area contributed by atoms with Gasteiger partial charge in [0, 0.05) is 56.1 Å². The van der Waals surface area contributed by atoms with Crippen molar-refractivity contribution in [3.63, 3.8) is 0 Å². The Hall–Kier alpha value is -0.730. The molecule has 0 bridgehead atoms. The lowest BCUT2D eigenvalue weighted by atomic mass is 10.2. The predicted molar refractivity (Wildman–Crippen MR) is 118 cm³/mol. The van der Waals surface area contributed by atoms with Gasteiger partial charge < -0.3 is 20.3 Å². The molecule has 1 unspecified atom stereocenters. The second-order valence-electron chi connectivity index (χ2n) is 5.87. The summed E-state index contributed by atoms with van der Waals surface area (Å²) in [6, 6.07) is 8.45. The van der Waals surface area contributed by atoms with E-state index in [-0.39, 0.29) is 24.0 Å². The van der Waals surface area contributed by atoms with Crippen molar-refractivity contribution < 1.29 is 4.74 Å². The molecule has 7 heteroatoms. The fourth-order valence-corrected chi connectivity index (χ4v) is 2.99. The molecule has 1 fully saturated rings. The molecule has 0 amide bonds. The summed E-state index contributed by atoms with van der Waals surface area (Å²) in [5.74, 6) is 0.895. The van der Waals surface area contributed by atoms with Gasteiger partial charge in [-0.1, -0.05) is 17.7 Å². The Labute approximate surface area is 173 Å². The zero-order valence-electron chi connectivity index (χ0n) is 15.1. The largest absolute Gasteiger partial charge is 0.382 e. The zero-order chi connectivity index (χ0) is 17.2. The first-order valence-electron chi connectivity index (χ1n) is 8.86. The van der Waals surface area contributed by atoms with Gasteiger partial charge in [0.2, 0.25) is 0 Å². The Morgan fingerprint density at radius 3 is 2.96 bits per heavy atom. The van der Waals surface area contributed by atoms with Gasteiger partial charge in [-0.25, -0.2) is 0 Å². The molecular weight excluding hydrogens is 451 g/mol. The summed E-state index contributed by atoms with van der Waals surface area (Å²) in [7, 11) is 0. The first kappa shape index (κ1) is 22.3. The number of hydrogen-bond acceptors (Lipinski definition) is 3. The van der Waals surface area contributed by atoms with Crippen LogP contribution < -0.4 is 15.5 Å². The summed E-state index contributed by atoms with van der Waals surface area (Å²) in [4.78, 5) is 7.00. The minimum atomic E-state index is 0. The van der Waals surface area contributed by atoms with Gasteiger partial charge in [0.1, 0.15) is 0 Å². The summed E-state index contributed by atoms with van der Waals surface area (Å²) in [5, 5.41) is 7.65. The third-order valence-electron chi connectivity index (χ3n) is 3.97. The van der Waals surface area contributed by atoms with E-state index >= 15 is 0 Å². The summed E-state index contributed by atoms with van der Waals surface area (Å²) in [6.45, 7) is 9.27. The van der Waals surface area contributed by atoms with E-state index in [4.69, 9.17) is 16.3 Å². The van der Waals surface area contributed by atoms with Gasteiger partial charge in [0.15, 0.2) is 5.96 Å². The average Bonchev–Trinajstić information content (AvgIpc) is 3.03. The number of aliphatic imine (C=N–C) groups is 1. The number of nitrogens with zero attached hydrogens (tertiary/aromatic N) is 2. The van der Waals surface area contributed by atoms with Gasteiger partial charge in [0.25, 0.3) is 0 Å². The predicted octanol–water partition coefficient (Wildman–Crippen LogP) is 3.52. The number of nitrogens with one attached hydrogen (secondary N) is 2. The quantitative estimate of drug-likeness (QED) is 0.259. The first-order valence-corrected chi connectivity index (χ1v) is 9.23. The molecule has 0 radical (unpaired) electrons. The highest BCUT2D eigenvalue weighted by Crippen LogP contribution is 2.23. The van der Waals surface area contributed by atoms with Crippen LogP contribution in [0, 0.1) is 0 Å². The summed E-state index contributed by atoms with van der Waals surface area (Å²) < 4.78 is 5.35. The molecule has 2 rings (SSSR count). The molecule has 0 aliphatic carbocycles. The summed E-state index contributed by atoms with van der Waals surface area (Å²) in [6.07, 6.45) is 2.04. The van der Waals surface area contributed by atoms with Gasteiger partial charge in [-0.05, 0) is 44.9 Å². The third kappa shape index (κ3) is 8.00. The molecule has 1 aliphatic heterocycles. The summed E-state index contributed by atoms with van der Waals surface area (Å²) in [5.41, 5.74) is 1.19. The Kier molecular flexibility index (Phi) is 11.2. The maximum Gasteiger partial charge on any atom is 0.191 e. The lowest BCUT2D eigenvalue weighted by molar-refractivity contribution is 0.146. The Morgan fingerprint density at radius 1 is 1.40 bits per heavy atom. The number of benzene rings is 1. The number of anilines is 1. The standard InChI is InChI=1S/C18H29ClN4O.HI/c1-3-20-18(21-10-6-12-24-4-2)22-16-9-11-23(14-16)17-8-5-7-15(19)13-17;/h5,7-8,13,16H,3-4,6,9-12,14H2,1-2H3,(H2,20,21,22);1H. The maximum atomic E-state index is 6.10. The van der Waals surface area contributed by atoms with Crippen LogP contribution >= 0.6 is 35.6 Å². The molecule has 1 aromatic rings. The molecule has 1 saturated heterocycles. The van der Waals surface area contributed by atoms with Crippen molar-refractivity contribution in [3.05, 3.63) is 29.3 Å². The molecule has 1 atom stereocenters. The van der Waals surface area contributed by atoms with Gasteiger partial charge in [-0.3, -0.25) is 4.99 Å². The summed E-state index contributed by atoms with van der Waals surface area (Å²) >= 11 is 6.10. The number of hydrogen-bond donors (Lipinski definition) is 2. The van der Waals surface area contributed by atoms with Crippen molar-refractivity contribution in [2.75, 3.05) is 44.3 Å². The smallest absolute Gasteiger partial charge is 0.191 e. The monoisotopic (exact) mass is 480 g/mol. The molecule has 1 heterocycles. The normalized spacial score (nSPS) is 17.3. The molecule has 1 aliphatic rings. The van der Waals surface area contributed by atoms with Crippen molar-refractivity contribution in [2.24, 2.45) is 4.99 Å². The SMILES string of the molecule is CCNC(=NCCCOCC)NC1CCN(c2cccc(Cl)c2)C1.I. The van der Waals surface area contributed by atoms with Crippen molar-refractivity contribution in [1.82, 2.24) is 10.6 Å². The number of rotatable bonds is 8. The van der Waals surface area contributed by atoms with E-state index in [2.05, 4.69) is 33.5 Å². The van der Waals surface area contributed by atoms with E-state index < -0.39 is 0 Å². The van der Waals surface area contributed by atoms with E-state index in [9.17, 15) is 0 Å². The van der Waals surface area contributed by atoms with Crippen LogP contribution in [0.15, 0.2) is 29.3 Å². The van der Waals surface area contributed by atoms with Crippen molar-refractivity contribution in [1.29, 1.82) is 0 Å². The molecule has 2 N–H and O–H groups in total. The van der Waals surface area contributed by atoms with Crippen LogP contribution in [0.2, 0.25) is 5.02 Å². The fourth-order valence-electron chi connectivity index (χ4n) is 2.80. The van der Waals surface area contributed by atoms with Crippen LogP contribution in [0.5, 0.6) is 0 Å². The molecule has 142 valence electrons. The van der Waals surface area contributed by atoms with Crippen LogP contribution in [0.4, 0.5) is 5.69 Å². The average molecular weight is 481 g/mol. The van der Waals surface area contributed by atoms with E-state index in [1.807, 2.05) is 25.1 Å². The van der Waals surface area contributed by atoms with E-state index in [0.717, 1.165) is 63.2 Å². The van der Waals surface area contributed by atoms with Gasteiger partial charge in [-0.15, -0.1) is 24.0 Å². The van der Waals surface area contributed by atoms with Crippen molar-refractivity contribution >= 4 is 47.2 Å². The molecule has 0 spiro atoms. The molecule has 0 aromatic heterocycles. The van der Waals surface area contributed by atoms with E-state index in [1.54, 1.807) is 0 Å². The van der Waals surface area contributed by atoms with Crippen LogP contribution in [0.1, 0.15) is 26.7 Å². The zero-order valence-corrected chi connectivity index (χ0v) is 18.2. The number of ether oxygens (including phenoxy) is 1. The highest BCUT2D eigenvalue weighted by molar-refractivity contribution is 14.0. The molecular formula is C18H30ClIN4O. The van der Waals surface area contributed by atoms with E-state index in [0.29, 0.717) is 6.04 Å². The molecule has 1 aromatic carbocycles. The van der Waals surface area contributed by atoms with Crippen LogP contribution in [-0.2, 0) is 4.74 Å². The Bertz CT molecular complexity index is 530. The number of guanidine groups is 1. The first-order chi connectivity index (χ1) is 11.7. The molecule has 0 saturated carbocycles. The lowest BCUT2D eigenvalue weighted by Gasteiger charge is -2.20. The van der Waals surface area contributed by atoms with E-state index in [1.165, 1.54) is 5.69 Å². The maximum absolute atomic E-state index is 6.10. The molecule has 5 nitrogen and oxygen atoms in total. The topological polar surface area (TPSA) is 48.9 Å². The van der Waals surface area contributed by atoms with Crippen molar-refractivity contribution in [3.8, 4) is 0 Å². The minimum Gasteiger partial charge on any atom is -0.382 e. The van der Waals surface area contributed by atoms with Crippen LogP contribution in [-0.4, -0.2) is 51.4 Å². The molecule has 25 heavy (non-hydrogen) atoms. The number of halogens is 2. The second-order valence-corrected chi connectivity index (χ2v) is 6.30. The Morgan fingerprint density at radius 2 is 2.24 bits per heavy atom. The highest BCUT2D eigenvalue weighted by Gasteiger charge is 2.23. The highest BCUT2D eigenvalue weighted by atomic mass is 127. The van der Waals surface area contributed by atoms with Crippen LogP contribution in [0.25, 0.3) is 0 Å². The Balaban J connectivity index is 0.00000312. The minimum absolute atomic E-state index is 0. The van der Waals surface area contributed by atoms with Crippen molar-refractivity contribution in [2.45, 2.75) is 32.7 Å². The van der Waals surface area contributed by atoms with Gasteiger partial charge in [-0.2, -0.15) is 0 Å².